The maximum Gasteiger partial charge on any atom is 0.266 e. The number of nitrogens with zero attached hydrogens (tertiary/aromatic N) is 3. The number of carbonyl (C=O) groups is 1. The van der Waals surface area contributed by atoms with E-state index in [0.717, 1.165) is 44.2 Å². The van der Waals surface area contributed by atoms with Crippen molar-refractivity contribution in [1.82, 2.24) is 14.7 Å². The lowest BCUT2D eigenvalue weighted by Gasteiger charge is -2.32. The Bertz CT molecular complexity index is 858. The van der Waals surface area contributed by atoms with Crippen LogP contribution in [0.5, 0.6) is 0 Å². The van der Waals surface area contributed by atoms with E-state index in [9.17, 15) is 14.0 Å². The number of halogens is 1. The van der Waals surface area contributed by atoms with Gasteiger partial charge in [-0.1, -0.05) is 6.42 Å². The molecule has 0 spiro atoms. The van der Waals surface area contributed by atoms with E-state index in [-0.39, 0.29) is 29.2 Å². The first kappa shape index (κ1) is 16.9. The van der Waals surface area contributed by atoms with Crippen LogP contribution in [0.2, 0.25) is 0 Å². The smallest absolute Gasteiger partial charge is 0.266 e. The molecule has 1 amide bonds. The average molecular weight is 355 g/mol. The van der Waals surface area contributed by atoms with Crippen LogP contribution < -0.4 is 5.56 Å². The van der Waals surface area contributed by atoms with Crippen LogP contribution in [-0.2, 0) is 11.3 Å². The normalized spacial score (nSPS) is 20.2. The van der Waals surface area contributed by atoms with Crippen molar-refractivity contribution in [2.24, 2.45) is 5.92 Å². The minimum Gasteiger partial charge on any atom is -0.338 e. The molecule has 1 saturated heterocycles. The Hall–Kier alpha value is -2.50. The second-order valence-electron chi connectivity index (χ2n) is 7.20. The molecule has 2 fully saturated rings. The summed E-state index contributed by atoms with van der Waals surface area (Å²) in [5.74, 6) is 0.102. The van der Waals surface area contributed by atoms with Gasteiger partial charge in [-0.05, 0) is 56.0 Å². The largest absolute Gasteiger partial charge is 0.338 e. The zero-order valence-electron chi connectivity index (χ0n) is 14.6. The first-order valence-corrected chi connectivity index (χ1v) is 9.26. The molecule has 0 bridgehead atoms. The molecule has 1 saturated carbocycles. The van der Waals surface area contributed by atoms with Crippen molar-refractivity contribution in [3.8, 4) is 11.3 Å². The van der Waals surface area contributed by atoms with Crippen LogP contribution in [0, 0.1) is 11.7 Å². The summed E-state index contributed by atoms with van der Waals surface area (Å²) in [6, 6.07) is 9.21. The van der Waals surface area contributed by atoms with E-state index in [4.69, 9.17) is 0 Å². The van der Waals surface area contributed by atoms with Crippen molar-refractivity contribution in [1.29, 1.82) is 0 Å². The molecule has 1 aromatic carbocycles. The highest BCUT2D eigenvalue weighted by molar-refractivity contribution is 5.80. The third kappa shape index (κ3) is 3.28. The van der Waals surface area contributed by atoms with E-state index < -0.39 is 0 Å². The Labute approximate surface area is 151 Å². The number of hydrogen-bond donors (Lipinski definition) is 0. The van der Waals surface area contributed by atoms with Gasteiger partial charge in [-0.15, -0.1) is 0 Å². The van der Waals surface area contributed by atoms with Crippen molar-refractivity contribution in [2.45, 2.75) is 44.7 Å². The molecule has 0 N–H and O–H groups in total. The molecule has 4 rings (SSSR count). The van der Waals surface area contributed by atoms with Gasteiger partial charge in [0, 0.05) is 24.1 Å². The zero-order chi connectivity index (χ0) is 18.1. The maximum absolute atomic E-state index is 13.1. The third-order valence-corrected chi connectivity index (χ3v) is 5.50. The van der Waals surface area contributed by atoms with E-state index in [1.807, 2.05) is 4.90 Å². The fourth-order valence-electron chi connectivity index (χ4n) is 3.76. The number of aromatic nitrogens is 2. The van der Waals surface area contributed by atoms with E-state index in [2.05, 4.69) is 5.10 Å². The average Bonchev–Trinajstić information content (AvgIpc) is 3.04. The minimum atomic E-state index is -0.307. The summed E-state index contributed by atoms with van der Waals surface area (Å²) >= 11 is 0. The van der Waals surface area contributed by atoms with Gasteiger partial charge in [-0.25, -0.2) is 9.07 Å². The number of amides is 1. The lowest BCUT2D eigenvalue weighted by molar-refractivity contribution is -0.139. The predicted molar refractivity (Wildman–Crippen MR) is 96.0 cm³/mol. The molecule has 1 aromatic heterocycles. The van der Waals surface area contributed by atoms with Crippen molar-refractivity contribution in [3.05, 3.63) is 52.6 Å². The van der Waals surface area contributed by atoms with Crippen molar-refractivity contribution in [2.75, 3.05) is 6.54 Å². The van der Waals surface area contributed by atoms with Gasteiger partial charge in [0.15, 0.2) is 0 Å². The lowest BCUT2D eigenvalue weighted by atomic mass is 9.84. The van der Waals surface area contributed by atoms with Gasteiger partial charge in [-0.2, -0.15) is 5.10 Å². The molecule has 26 heavy (non-hydrogen) atoms. The highest BCUT2D eigenvalue weighted by atomic mass is 19.1. The van der Waals surface area contributed by atoms with Crippen LogP contribution >= 0.6 is 0 Å². The quantitative estimate of drug-likeness (QED) is 0.847. The van der Waals surface area contributed by atoms with Crippen LogP contribution in [0.4, 0.5) is 4.39 Å². The molecule has 0 unspecified atom stereocenters. The second kappa shape index (κ2) is 7.02. The SMILES string of the molecule is O=C(C1CCC1)N1CCC[C@H]1Cn1nc(-c2ccc(F)cc2)ccc1=O. The highest BCUT2D eigenvalue weighted by Gasteiger charge is 2.35. The first-order chi connectivity index (χ1) is 12.6. The van der Waals surface area contributed by atoms with Crippen molar-refractivity contribution >= 4 is 5.91 Å². The van der Waals surface area contributed by atoms with E-state index in [1.165, 1.54) is 22.9 Å². The van der Waals surface area contributed by atoms with Gasteiger partial charge >= 0.3 is 0 Å². The predicted octanol–water partition coefficient (Wildman–Crippen LogP) is 2.84. The fraction of sp³-hybridized carbons (Fsp3) is 0.450. The summed E-state index contributed by atoms with van der Waals surface area (Å²) in [6.07, 6.45) is 4.97. The highest BCUT2D eigenvalue weighted by Crippen LogP contribution is 2.31. The van der Waals surface area contributed by atoms with Gasteiger partial charge in [-0.3, -0.25) is 9.59 Å². The standard InChI is InChI=1S/C20H22FN3O2/c21-16-8-6-14(7-9-16)18-10-11-19(25)24(22-18)13-17-5-2-12-23(17)20(26)15-3-1-4-15/h6-11,15,17H,1-5,12-13H2/t17-/m0/s1. The summed E-state index contributed by atoms with van der Waals surface area (Å²) in [7, 11) is 0. The summed E-state index contributed by atoms with van der Waals surface area (Å²) < 4.78 is 14.6. The van der Waals surface area contributed by atoms with E-state index in [1.54, 1.807) is 18.2 Å². The van der Waals surface area contributed by atoms with E-state index in [0.29, 0.717) is 12.2 Å². The molecular formula is C20H22FN3O2. The number of likely N-dealkylation sites (tertiary alicyclic amines) is 1. The fourth-order valence-corrected chi connectivity index (χ4v) is 3.76. The third-order valence-electron chi connectivity index (χ3n) is 5.50. The molecule has 136 valence electrons. The van der Waals surface area contributed by atoms with Crippen LogP contribution in [-0.4, -0.2) is 33.2 Å². The topological polar surface area (TPSA) is 55.2 Å². The monoisotopic (exact) mass is 355 g/mol. The number of benzene rings is 1. The number of rotatable bonds is 4. The summed E-state index contributed by atoms with van der Waals surface area (Å²) in [4.78, 5) is 26.8. The van der Waals surface area contributed by atoms with Crippen LogP contribution in [0.15, 0.2) is 41.2 Å². The molecule has 1 aliphatic carbocycles. The van der Waals surface area contributed by atoms with Gasteiger partial charge < -0.3 is 4.90 Å². The van der Waals surface area contributed by atoms with Gasteiger partial charge in [0.1, 0.15) is 5.82 Å². The lowest BCUT2D eigenvalue weighted by Crippen LogP contribution is -2.44. The maximum atomic E-state index is 13.1. The molecule has 2 aromatic rings. The number of hydrogen-bond acceptors (Lipinski definition) is 3. The molecule has 2 aliphatic rings. The molecule has 2 heterocycles. The molecule has 0 radical (unpaired) electrons. The molecule has 6 heteroatoms. The van der Waals surface area contributed by atoms with Crippen LogP contribution in [0.3, 0.4) is 0 Å². The Morgan fingerprint density at radius 1 is 1.08 bits per heavy atom. The Balaban J connectivity index is 1.55. The number of carbonyl (C=O) groups excluding carboxylic acids is 1. The summed E-state index contributed by atoms with van der Waals surface area (Å²) in [5, 5.41) is 4.45. The Morgan fingerprint density at radius 2 is 1.85 bits per heavy atom. The first-order valence-electron chi connectivity index (χ1n) is 9.26. The molecular weight excluding hydrogens is 333 g/mol. The zero-order valence-corrected chi connectivity index (χ0v) is 14.6. The van der Waals surface area contributed by atoms with Gasteiger partial charge in [0.05, 0.1) is 18.3 Å². The van der Waals surface area contributed by atoms with Crippen molar-refractivity contribution in [3.63, 3.8) is 0 Å². The Morgan fingerprint density at radius 3 is 2.54 bits per heavy atom. The van der Waals surface area contributed by atoms with Crippen LogP contribution in [0.1, 0.15) is 32.1 Å². The molecule has 1 atom stereocenters. The van der Waals surface area contributed by atoms with Crippen molar-refractivity contribution < 1.29 is 9.18 Å². The van der Waals surface area contributed by atoms with Crippen LogP contribution in [0.25, 0.3) is 11.3 Å². The Kier molecular flexibility index (Phi) is 4.57. The summed E-state index contributed by atoms with van der Waals surface area (Å²) in [5.41, 5.74) is 1.20. The molecule has 1 aliphatic heterocycles. The van der Waals surface area contributed by atoms with E-state index >= 15 is 0 Å². The van der Waals surface area contributed by atoms with Gasteiger partial charge in [0.2, 0.25) is 5.91 Å². The summed E-state index contributed by atoms with van der Waals surface area (Å²) in [6.45, 7) is 1.18. The minimum absolute atomic E-state index is 0.0248. The second-order valence-corrected chi connectivity index (χ2v) is 7.20. The molecule has 5 nitrogen and oxygen atoms in total. The van der Waals surface area contributed by atoms with Gasteiger partial charge in [0.25, 0.3) is 5.56 Å².